The first-order chi connectivity index (χ1) is 9.10. The number of benzene rings is 1. The highest BCUT2D eigenvalue weighted by Gasteiger charge is 2.50. The molecule has 1 aromatic rings. The number of hydrogen-bond donors (Lipinski definition) is 1. The van der Waals surface area contributed by atoms with Crippen LogP contribution in [0.2, 0.25) is 0 Å². The lowest BCUT2D eigenvalue weighted by atomic mass is 9.83. The van der Waals surface area contributed by atoms with Crippen LogP contribution in [-0.2, 0) is 19.7 Å². The minimum Gasteiger partial charge on any atom is -0.399 e. The molecule has 0 aliphatic carbocycles. The number of amides is 1. The van der Waals surface area contributed by atoms with E-state index >= 15 is 0 Å². The van der Waals surface area contributed by atoms with Crippen LogP contribution in [0.4, 0.5) is 11.4 Å². The number of nitrogen functional groups attached to an aromatic ring is 1. The third kappa shape index (κ3) is 1.99. The standard InChI is InChI=1S/C14H20N2O3/c1-4-16-12-6-5-10(15)7-11(12)14(8-18-2,9-19-3)13(16)17/h5-7H,4,8-9,15H2,1-3H3. The first kappa shape index (κ1) is 13.8. The lowest BCUT2D eigenvalue weighted by Gasteiger charge is -2.27. The van der Waals surface area contributed by atoms with Gasteiger partial charge < -0.3 is 20.1 Å². The largest absolute Gasteiger partial charge is 0.399 e. The van der Waals surface area contributed by atoms with Crippen molar-refractivity contribution in [3.05, 3.63) is 23.8 Å². The Morgan fingerprint density at radius 1 is 1.26 bits per heavy atom. The number of rotatable bonds is 5. The Morgan fingerprint density at radius 2 is 1.89 bits per heavy atom. The van der Waals surface area contributed by atoms with Crippen LogP contribution in [0.1, 0.15) is 12.5 Å². The molecule has 0 bridgehead atoms. The summed E-state index contributed by atoms with van der Waals surface area (Å²) in [6, 6.07) is 5.55. The van der Waals surface area contributed by atoms with Crippen molar-refractivity contribution < 1.29 is 14.3 Å². The second-order valence-electron chi connectivity index (χ2n) is 4.77. The van der Waals surface area contributed by atoms with Gasteiger partial charge in [0.2, 0.25) is 5.91 Å². The summed E-state index contributed by atoms with van der Waals surface area (Å²) in [5.74, 6) is 0.0132. The molecule has 1 heterocycles. The molecule has 0 atom stereocenters. The molecule has 0 radical (unpaired) electrons. The summed E-state index contributed by atoms with van der Waals surface area (Å²) in [4.78, 5) is 14.5. The highest BCUT2D eigenvalue weighted by molar-refractivity contribution is 6.08. The second-order valence-corrected chi connectivity index (χ2v) is 4.77. The van der Waals surface area contributed by atoms with Crippen molar-refractivity contribution in [1.29, 1.82) is 0 Å². The van der Waals surface area contributed by atoms with E-state index in [0.29, 0.717) is 12.2 Å². The lowest BCUT2D eigenvalue weighted by molar-refractivity contribution is -0.127. The predicted octanol–water partition coefficient (Wildman–Crippen LogP) is 1.17. The monoisotopic (exact) mass is 264 g/mol. The van der Waals surface area contributed by atoms with Crippen LogP contribution in [-0.4, -0.2) is 39.9 Å². The van der Waals surface area contributed by atoms with Crippen LogP contribution in [0.15, 0.2) is 18.2 Å². The van der Waals surface area contributed by atoms with Gasteiger partial charge in [-0.05, 0) is 30.7 Å². The fourth-order valence-corrected chi connectivity index (χ4v) is 2.78. The van der Waals surface area contributed by atoms with Gasteiger partial charge in [0.25, 0.3) is 0 Å². The molecule has 0 saturated carbocycles. The SMILES string of the molecule is CCN1C(=O)C(COC)(COC)c2cc(N)ccc21. The number of likely N-dealkylation sites (N-methyl/N-ethyl adjacent to an activating group) is 1. The number of carbonyl (C=O) groups excluding carboxylic acids is 1. The number of nitrogens with two attached hydrogens (primary N) is 1. The summed E-state index contributed by atoms with van der Waals surface area (Å²) >= 11 is 0. The molecule has 0 fully saturated rings. The number of fused-ring (bicyclic) bond motifs is 1. The molecule has 5 heteroatoms. The van der Waals surface area contributed by atoms with Crippen molar-refractivity contribution in [3.8, 4) is 0 Å². The first-order valence-electron chi connectivity index (χ1n) is 6.30. The third-order valence-corrected chi connectivity index (χ3v) is 3.58. The van der Waals surface area contributed by atoms with Gasteiger partial charge in [0.05, 0.1) is 13.2 Å². The minimum absolute atomic E-state index is 0.0132. The van der Waals surface area contributed by atoms with E-state index in [1.54, 1.807) is 19.1 Å². The zero-order valence-corrected chi connectivity index (χ0v) is 11.6. The number of ether oxygens (including phenoxy) is 2. The molecule has 2 N–H and O–H groups in total. The number of nitrogens with zero attached hydrogens (tertiary/aromatic N) is 1. The van der Waals surface area contributed by atoms with Gasteiger partial charge in [0.15, 0.2) is 0 Å². The molecule has 1 amide bonds. The van der Waals surface area contributed by atoms with Gasteiger partial charge in [0, 0.05) is 32.1 Å². The molecule has 0 saturated heterocycles. The maximum absolute atomic E-state index is 12.7. The second kappa shape index (κ2) is 5.19. The fraction of sp³-hybridized carbons (Fsp3) is 0.500. The molecule has 1 aromatic carbocycles. The quantitative estimate of drug-likeness (QED) is 0.811. The van der Waals surface area contributed by atoms with E-state index in [-0.39, 0.29) is 19.1 Å². The topological polar surface area (TPSA) is 64.8 Å². The summed E-state index contributed by atoms with van der Waals surface area (Å²) in [6.07, 6.45) is 0. The van der Waals surface area contributed by atoms with Crippen molar-refractivity contribution in [2.75, 3.05) is 44.6 Å². The maximum atomic E-state index is 12.7. The van der Waals surface area contributed by atoms with E-state index in [4.69, 9.17) is 15.2 Å². The van der Waals surface area contributed by atoms with E-state index in [1.807, 2.05) is 25.1 Å². The molecular weight excluding hydrogens is 244 g/mol. The summed E-state index contributed by atoms with van der Waals surface area (Å²) < 4.78 is 10.5. The van der Waals surface area contributed by atoms with E-state index in [9.17, 15) is 4.79 Å². The Bertz CT molecular complexity index is 482. The van der Waals surface area contributed by atoms with Gasteiger partial charge >= 0.3 is 0 Å². The van der Waals surface area contributed by atoms with Crippen molar-refractivity contribution in [3.63, 3.8) is 0 Å². The molecule has 0 spiro atoms. The number of methoxy groups -OCH3 is 2. The molecule has 1 aliphatic heterocycles. The summed E-state index contributed by atoms with van der Waals surface area (Å²) in [5.41, 5.74) is 7.51. The molecule has 19 heavy (non-hydrogen) atoms. The van der Waals surface area contributed by atoms with Gasteiger partial charge in [0.1, 0.15) is 5.41 Å². The van der Waals surface area contributed by atoms with Crippen LogP contribution >= 0.6 is 0 Å². The van der Waals surface area contributed by atoms with Gasteiger partial charge in [-0.15, -0.1) is 0 Å². The number of carbonyl (C=O) groups is 1. The molecule has 104 valence electrons. The van der Waals surface area contributed by atoms with Crippen molar-refractivity contribution in [2.24, 2.45) is 0 Å². The molecule has 0 unspecified atom stereocenters. The van der Waals surface area contributed by atoms with E-state index in [0.717, 1.165) is 11.3 Å². The summed E-state index contributed by atoms with van der Waals surface area (Å²) in [5, 5.41) is 0. The van der Waals surface area contributed by atoms with Crippen molar-refractivity contribution >= 4 is 17.3 Å². The molecular formula is C14H20N2O3. The minimum atomic E-state index is -0.787. The van der Waals surface area contributed by atoms with Gasteiger partial charge in [-0.1, -0.05) is 0 Å². The third-order valence-electron chi connectivity index (χ3n) is 3.58. The van der Waals surface area contributed by atoms with E-state index < -0.39 is 5.41 Å². The van der Waals surface area contributed by atoms with Crippen molar-refractivity contribution in [1.82, 2.24) is 0 Å². The van der Waals surface area contributed by atoms with Crippen LogP contribution in [0.5, 0.6) is 0 Å². The summed E-state index contributed by atoms with van der Waals surface area (Å²) in [7, 11) is 3.18. The van der Waals surface area contributed by atoms with Gasteiger partial charge in [-0.25, -0.2) is 0 Å². The lowest BCUT2D eigenvalue weighted by Crippen LogP contribution is -2.46. The Hall–Kier alpha value is -1.59. The molecule has 2 rings (SSSR count). The fourth-order valence-electron chi connectivity index (χ4n) is 2.78. The zero-order valence-electron chi connectivity index (χ0n) is 11.6. The number of anilines is 2. The van der Waals surface area contributed by atoms with Crippen LogP contribution in [0, 0.1) is 0 Å². The highest BCUT2D eigenvalue weighted by Crippen LogP contribution is 2.43. The number of hydrogen-bond acceptors (Lipinski definition) is 4. The smallest absolute Gasteiger partial charge is 0.242 e. The van der Waals surface area contributed by atoms with E-state index in [1.165, 1.54) is 0 Å². The van der Waals surface area contributed by atoms with Crippen LogP contribution < -0.4 is 10.6 Å². The van der Waals surface area contributed by atoms with E-state index in [2.05, 4.69) is 0 Å². The average Bonchev–Trinajstić information content (AvgIpc) is 2.61. The Balaban J connectivity index is 2.61. The maximum Gasteiger partial charge on any atom is 0.242 e. The Labute approximate surface area is 113 Å². The Morgan fingerprint density at radius 3 is 2.42 bits per heavy atom. The molecule has 1 aliphatic rings. The molecule has 0 aromatic heterocycles. The van der Waals surface area contributed by atoms with Crippen molar-refractivity contribution in [2.45, 2.75) is 12.3 Å². The molecule has 5 nitrogen and oxygen atoms in total. The first-order valence-corrected chi connectivity index (χ1v) is 6.30. The van der Waals surface area contributed by atoms with Gasteiger partial charge in [-0.3, -0.25) is 4.79 Å². The van der Waals surface area contributed by atoms with Crippen LogP contribution in [0.25, 0.3) is 0 Å². The van der Waals surface area contributed by atoms with Crippen LogP contribution in [0.3, 0.4) is 0 Å². The summed E-state index contributed by atoms with van der Waals surface area (Å²) in [6.45, 7) is 3.14. The highest BCUT2D eigenvalue weighted by atomic mass is 16.5. The average molecular weight is 264 g/mol. The normalized spacial score (nSPS) is 16.8. The van der Waals surface area contributed by atoms with Gasteiger partial charge in [-0.2, -0.15) is 0 Å². The Kier molecular flexibility index (Phi) is 3.78. The predicted molar refractivity (Wildman–Crippen MR) is 74.3 cm³/mol. The zero-order chi connectivity index (χ0) is 14.0.